The molecular weight excluding hydrogens is 556 g/mol. The predicted molar refractivity (Wildman–Crippen MR) is 169 cm³/mol. The van der Waals surface area contributed by atoms with Crippen LogP contribution in [0.1, 0.15) is 35.2 Å². The molecule has 0 bridgehead atoms. The number of nitrogens with one attached hydrogen (secondary N) is 1. The number of likely N-dealkylation sites (tertiary alicyclic amines) is 2. The molecule has 44 heavy (non-hydrogen) atoms. The number of hydrogen-bond acceptors (Lipinski definition) is 8. The molecule has 2 aromatic heterocycles. The second kappa shape index (κ2) is 12.9. The maximum absolute atomic E-state index is 13.1. The fraction of sp³-hybridized carbons (Fsp3) is 0.333. The normalized spacial score (nSPS) is 18.7. The first-order chi connectivity index (χ1) is 21.3. The van der Waals surface area contributed by atoms with E-state index >= 15 is 0 Å². The van der Waals surface area contributed by atoms with Crippen molar-refractivity contribution < 1.29 is 14.3 Å². The summed E-state index contributed by atoms with van der Waals surface area (Å²) < 4.78 is 7.42. The highest BCUT2D eigenvalue weighted by Gasteiger charge is 2.29. The topological polar surface area (TPSA) is 145 Å². The Morgan fingerprint density at radius 1 is 0.977 bits per heavy atom. The lowest BCUT2D eigenvalue weighted by molar-refractivity contribution is 0.0937. The van der Waals surface area contributed by atoms with E-state index in [2.05, 4.69) is 44.6 Å². The van der Waals surface area contributed by atoms with Gasteiger partial charge in [0.2, 0.25) is 0 Å². The maximum atomic E-state index is 13.1. The minimum Gasteiger partial charge on any atom is -0.410 e. The molecule has 0 spiro atoms. The summed E-state index contributed by atoms with van der Waals surface area (Å²) in [6.45, 7) is 3.72. The van der Waals surface area contributed by atoms with Crippen LogP contribution >= 0.6 is 0 Å². The van der Waals surface area contributed by atoms with Crippen LogP contribution in [0.25, 0.3) is 22.3 Å². The van der Waals surface area contributed by atoms with E-state index in [9.17, 15) is 9.59 Å². The van der Waals surface area contributed by atoms with E-state index in [1.54, 1.807) is 34.1 Å². The lowest BCUT2D eigenvalue weighted by Gasteiger charge is -2.30. The van der Waals surface area contributed by atoms with Gasteiger partial charge in [-0.2, -0.15) is 5.10 Å². The lowest BCUT2D eigenvalue weighted by atomic mass is 10.0. The van der Waals surface area contributed by atoms with Gasteiger partial charge in [-0.3, -0.25) is 14.4 Å². The molecule has 11 nitrogen and oxygen atoms in total. The van der Waals surface area contributed by atoms with E-state index in [0.29, 0.717) is 25.3 Å². The molecule has 0 saturated carbocycles. The molecule has 4 aromatic rings. The number of benzene rings is 2. The summed E-state index contributed by atoms with van der Waals surface area (Å²) in [6.07, 6.45) is 7.56. The number of anilines is 1. The van der Waals surface area contributed by atoms with Gasteiger partial charge in [0.05, 0.1) is 11.8 Å². The van der Waals surface area contributed by atoms with Crippen LogP contribution in [0.4, 0.5) is 10.6 Å². The summed E-state index contributed by atoms with van der Waals surface area (Å²) in [4.78, 5) is 34.3. The zero-order valence-corrected chi connectivity index (χ0v) is 24.9. The smallest absolute Gasteiger partial charge is 0.410 e. The molecule has 2 aromatic carbocycles. The Morgan fingerprint density at radius 3 is 2.59 bits per heavy atom. The summed E-state index contributed by atoms with van der Waals surface area (Å²) in [5, 5.41) is 7.17. The summed E-state index contributed by atoms with van der Waals surface area (Å²) in [5.41, 5.74) is 17.3. The number of rotatable bonds is 7. The molecule has 11 heteroatoms. The zero-order chi connectivity index (χ0) is 30.6. The van der Waals surface area contributed by atoms with Gasteiger partial charge in [0.1, 0.15) is 11.6 Å². The van der Waals surface area contributed by atoms with Gasteiger partial charge in [-0.05, 0) is 60.7 Å². The summed E-state index contributed by atoms with van der Waals surface area (Å²) >= 11 is 0. The molecule has 2 fully saturated rings. The van der Waals surface area contributed by atoms with Gasteiger partial charge in [-0.1, -0.05) is 36.4 Å². The van der Waals surface area contributed by atoms with Crippen molar-refractivity contribution in [2.75, 3.05) is 31.9 Å². The fourth-order valence-corrected chi connectivity index (χ4v) is 5.89. The molecule has 2 amide bonds. The molecule has 0 radical (unpaired) electrons. The SMILES string of the molecule is Cn1cc(-c2cnc(N)c(C(=O)N[C@@H]3CCN(C(=O)Oc4cccc(-c5ccc(CN6CCC[C@@H](N)C6)cc5)c4)C3)c2)cn1. The number of carbonyl (C=O) groups excluding carboxylic acids is 2. The van der Waals surface area contributed by atoms with Crippen LogP contribution < -0.4 is 21.5 Å². The highest BCUT2D eigenvalue weighted by molar-refractivity contribution is 5.99. The van der Waals surface area contributed by atoms with E-state index in [1.807, 2.05) is 31.4 Å². The van der Waals surface area contributed by atoms with Crippen LogP contribution in [0.2, 0.25) is 0 Å². The van der Waals surface area contributed by atoms with Crippen molar-refractivity contribution in [3.63, 3.8) is 0 Å². The molecule has 6 rings (SSSR count). The van der Waals surface area contributed by atoms with Gasteiger partial charge < -0.3 is 26.4 Å². The van der Waals surface area contributed by atoms with Gasteiger partial charge in [-0.15, -0.1) is 0 Å². The fourth-order valence-electron chi connectivity index (χ4n) is 5.89. The Bertz CT molecular complexity index is 1640. The second-order valence-corrected chi connectivity index (χ2v) is 11.7. The number of nitrogens with two attached hydrogens (primary N) is 2. The van der Waals surface area contributed by atoms with E-state index in [0.717, 1.165) is 54.7 Å². The summed E-state index contributed by atoms with van der Waals surface area (Å²) in [6, 6.07) is 17.8. The van der Waals surface area contributed by atoms with Crippen LogP contribution in [-0.2, 0) is 13.6 Å². The number of aryl methyl sites for hydroxylation is 1. The van der Waals surface area contributed by atoms with E-state index in [4.69, 9.17) is 16.2 Å². The highest BCUT2D eigenvalue weighted by atomic mass is 16.6. The first-order valence-corrected chi connectivity index (χ1v) is 15.0. The van der Waals surface area contributed by atoms with Crippen LogP contribution in [0, 0.1) is 0 Å². The Kier molecular flexibility index (Phi) is 8.58. The molecule has 5 N–H and O–H groups in total. The number of hydrogen-bond donors (Lipinski definition) is 3. The molecule has 2 saturated heterocycles. The van der Waals surface area contributed by atoms with Crippen molar-refractivity contribution in [1.82, 2.24) is 29.9 Å². The Balaban J connectivity index is 1.03. The van der Waals surface area contributed by atoms with E-state index in [-0.39, 0.29) is 29.4 Å². The van der Waals surface area contributed by atoms with Crippen molar-refractivity contribution >= 4 is 17.8 Å². The molecule has 2 aliphatic rings. The van der Waals surface area contributed by atoms with Crippen molar-refractivity contribution in [1.29, 1.82) is 0 Å². The summed E-state index contributed by atoms with van der Waals surface area (Å²) in [7, 11) is 1.82. The number of amides is 2. The quantitative estimate of drug-likeness (QED) is 0.294. The molecule has 0 aliphatic carbocycles. The van der Waals surface area contributed by atoms with Crippen molar-refractivity contribution in [2.24, 2.45) is 12.8 Å². The van der Waals surface area contributed by atoms with E-state index in [1.165, 1.54) is 5.56 Å². The van der Waals surface area contributed by atoms with Crippen LogP contribution in [0.15, 0.2) is 73.2 Å². The van der Waals surface area contributed by atoms with Gasteiger partial charge in [0, 0.05) is 68.8 Å². The first-order valence-electron chi connectivity index (χ1n) is 15.0. The van der Waals surface area contributed by atoms with E-state index < -0.39 is 6.09 Å². The number of ether oxygens (including phenoxy) is 1. The number of nitrogens with zero attached hydrogens (tertiary/aromatic N) is 5. The maximum Gasteiger partial charge on any atom is 0.415 e. The number of nitrogen functional groups attached to an aromatic ring is 1. The average Bonchev–Trinajstić information content (AvgIpc) is 3.67. The minimum atomic E-state index is -0.450. The third-order valence-electron chi connectivity index (χ3n) is 8.26. The zero-order valence-electron chi connectivity index (χ0n) is 24.9. The lowest BCUT2D eigenvalue weighted by Crippen LogP contribution is -2.42. The van der Waals surface area contributed by atoms with Crippen molar-refractivity contribution in [3.05, 3.63) is 84.3 Å². The van der Waals surface area contributed by atoms with Gasteiger partial charge in [-0.25, -0.2) is 9.78 Å². The molecule has 0 unspecified atom stereocenters. The Morgan fingerprint density at radius 2 is 1.82 bits per heavy atom. The van der Waals surface area contributed by atoms with Crippen molar-refractivity contribution in [2.45, 2.75) is 37.9 Å². The number of pyridine rings is 1. The third kappa shape index (κ3) is 6.90. The third-order valence-corrected chi connectivity index (χ3v) is 8.26. The molecular formula is C33H38N8O3. The van der Waals surface area contributed by atoms with Gasteiger partial charge in [0.15, 0.2) is 0 Å². The predicted octanol–water partition coefficient (Wildman–Crippen LogP) is 3.66. The average molecular weight is 595 g/mol. The number of carbonyl (C=O) groups is 2. The Labute approximate surface area is 256 Å². The molecule has 2 atom stereocenters. The van der Waals surface area contributed by atoms with Gasteiger partial charge >= 0.3 is 6.09 Å². The van der Waals surface area contributed by atoms with Gasteiger partial charge in [0.25, 0.3) is 5.91 Å². The monoisotopic (exact) mass is 594 g/mol. The first kappa shape index (κ1) is 29.3. The second-order valence-electron chi connectivity index (χ2n) is 11.7. The molecule has 228 valence electrons. The highest BCUT2D eigenvalue weighted by Crippen LogP contribution is 2.26. The summed E-state index contributed by atoms with van der Waals surface area (Å²) in [5.74, 6) is 0.280. The number of aromatic nitrogens is 3. The van der Waals surface area contributed by atoms with Crippen LogP contribution in [0.3, 0.4) is 0 Å². The molecule has 2 aliphatic heterocycles. The Hall–Kier alpha value is -4.74. The van der Waals surface area contributed by atoms with Crippen LogP contribution in [0.5, 0.6) is 5.75 Å². The standard InChI is InChI=1S/C33H38N8O3/c1-39-19-26(17-37-39)25-15-30(31(35)36-16-25)32(42)38-28-11-13-41(21-28)33(43)44-29-6-2-4-24(14-29)23-9-7-22(8-10-23)18-40-12-3-5-27(34)20-40/h2,4,6-10,14-17,19,27-28H,3,5,11-13,18,20-21,34H2,1H3,(H2,35,36)(H,38,42)/t27-,28-/m1/s1. The largest absolute Gasteiger partial charge is 0.415 e. The van der Waals surface area contributed by atoms with Crippen molar-refractivity contribution in [3.8, 4) is 28.0 Å². The molecule has 4 heterocycles. The number of piperidine rings is 1. The minimum absolute atomic E-state index is 0.144. The van der Waals surface area contributed by atoms with Crippen LogP contribution in [-0.4, -0.2) is 74.8 Å².